The Morgan fingerprint density at radius 3 is 2.43 bits per heavy atom. The highest BCUT2D eigenvalue weighted by molar-refractivity contribution is 5.89. The summed E-state index contributed by atoms with van der Waals surface area (Å²) in [4.78, 5) is 37.1. The molecule has 28 heavy (non-hydrogen) atoms. The number of carbonyl (C=O) groups excluding carboxylic acids is 3. The molecule has 0 aromatic carbocycles. The summed E-state index contributed by atoms with van der Waals surface area (Å²) in [5.41, 5.74) is -1.18. The Hall–Kier alpha value is -1.19. The number of hydrogen-bond donors (Lipinski definition) is 0. The molecule has 0 saturated heterocycles. The molecule has 0 aliphatic heterocycles. The van der Waals surface area contributed by atoms with E-state index in [9.17, 15) is 14.4 Å². The Kier molecular flexibility index (Phi) is 3.98. The topological polar surface area (TPSA) is 60.4 Å². The molecule has 10 atom stereocenters. The van der Waals surface area contributed by atoms with Crippen LogP contribution in [0, 0.1) is 52.8 Å². The maximum atomic E-state index is 12.8. The molecule has 1 unspecified atom stereocenters. The molecular weight excluding hydrogens is 352 g/mol. The quantitative estimate of drug-likeness (QED) is 0.667. The summed E-state index contributed by atoms with van der Waals surface area (Å²) in [5, 5.41) is 0. The lowest BCUT2D eigenvalue weighted by molar-refractivity contribution is -0.189. The van der Waals surface area contributed by atoms with E-state index in [0.717, 1.165) is 32.1 Å². The zero-order chi connectivity index (χ0) is 20.0. The van der Waals surface area contributed by atoms with Gasteiger partial charge in [0.05, 0.1) is 0 Å². The van der Waals surface area contributed by atoms with Crippen molar-refractivity contribution in [2.75, 3.05) is 0 Å². The summed E-state index contributed by atoms with van der Waals surface area (Å²) < 4.78 is 5.86. The molecular formula is C24H34O4. The van der Waals surface area contributed by atoms with Crippen molar-refractivity contribution in [1.29, 1.82) is 0 Å². The number of carbonyl (C=O) groups is 3. The first-order valence-electron chi connectivity index (χ1n) is 11.4. The summed E-state index contributed by atoms with van der Waals surface area (Å²) in [6.45, 7) is 7.64. The molecule has 4 heteroatoms. The van der Waals surface area contributed by atoms with E-state index in [1.165, 1.54) is 13.3 Å². The standard InChI is InChI=1S/C24H34O4/c1-12-9-17-15(22-16(12)11-21(27)18-10-19(18)22)5-7-23(4)20(17)6-8-24(23,13(2)25)28-14(3)26/h12,15-20,22H,5-11H2,1-4H3/t12-,15-,16?,17+,18+,19-,20-,22+,23-,24-/m0/s1. The van der Waals surface area contributed by atoms with Gasteiger partial charge in [0.25, 0.3) is 0 Å². The van der Waals surface area contributed by atoms with Crippen LogP contribution in [0.25, 0.3) is 0 Å². The first kappa shape index (κ1) is 18.8. The van der Waals surface area contributed by atoms with Gasteiger partial charge in [-0.15, -0.1) is 0 Å². The van der Waals surface area contributed by atoms with E-state index >= 15 is 0 Å². The van der Waals surface area contributed by atoms with E-state index in [1.807, 2.05) is 0 Å². The van der Waals surface area contributed by atoms with Crippen LogP contribution in [0.15, 0.2) is 0 Å². The van der Waals surface area contributed by atoms with Crippen LogP contribution in [-0.2, 0) is 19.1 Å². The minimum absolute atomic E-state index is 0.0263. The van der Waals surface area contributed by atoms with Crippen LogP contribution in [0.3, 0.4) is 0 Å². The molecule has 154 valence electrons. The smallest absolute Gasteiger partial charge is 0.303 e. The summed E-state index contributed by atoms with van der Waals surface area (Å²) in [5.74, 6) is 4.86. The van der Waals surface area contributed by atoms with E-state index in [4.69, 9.17) is 4.74 Å². The van der Waals surface area contributed by atoms with Crippen molar-refractivity contribution in [2.24, 2.45) is 52.8 Å². The lowest BCUT2D eigenvalue weighted by Crippen LogP contribution is -2.58. The molecule has 0 heterocycles. The largest absolute Gasteiger partial charge is 0.451 e. The molecule has 0 radical (unpaired) electrons. The van der Waals surface area contributed by atoms with Crippen molar-refractivity contribution in [3.8, 4) is 0 Å². The lowest BCUT2D eigenvalue weighted by Gasteiger charge is -2.58. The molecule has 0 amide bonds. The second kappa shape index (κ2) is 5.92. The van der Waals surface area contributed by atoms with Crippen molar-refractivity contribution < 1.29 is 19.1 Å². The van der Waals surface area contributed by atoms with Gasteiger partial charge in [0.1, 0.15) is 5.78 Å². The Labute approximate surface area is 168 Å². The molecule has 5 aliphatic rings. The van der Waals surface area contributed by atoms with Gasteiger partial charge in [-0.05, 0) is 86.9 Å². The van der Waals surface area contributed by atoms with Gasteiger partial charge < -0.3 is 4.74 Å². The van der Waals surface area contributed by atoms with Gasteiger partial charge in [0.15, 0.2) is 11.4 Å². The minimum atomic E-state index is -0.931. The Bertz CT molecular complexity index is 743. The van der Waals surface area contributed by atoms with Crippen LogP contribution >= 0.6 is 0 Å². The van der Waals surface area contributed by atoms with Crippen LogP contribution in [-0.4, -0.2) is 23.1 Å². The van der Waals surface area contributed by atoms with E-state index in [1.54, 1.807) is 6.92 Å². The second-order valence-electron chi connectivity index (χ2n) is 11.0. The third kappa shape index (κ3) is 2.26. The fraction of sp³-hybridized carbons (Fsp3) is 0.875. The van der Waals surface area contributed by atoms with Gasteiger partial charge in [-0.25, -0.2) is 0 Å². The van der Waals surface area contributed by atoms with Crippen molar-refractivity contribution in [3.63, 3.8) is 0 Å². The molecule has 0 spiro atoms. The summed E-state index contributed by atoms with van der Waals surface area (Å²) in [6.07, 6.45) is 6.87. The van der Waals surface area contributed by atoms with E-state index in [2.05, 4.69) is 13.8 Å². The van der Waals surface area contributed by atoms with Crippen LogP contribution in [0.5, 0.6) is 0 Å². The Morgan fingerprint density at radius 1 is 1.00 bits per heavy atom. The number of hydrogen-bond acceptors (Lipinski definition) is 4. The SMILES string of the molecule is CC(=O)O[C@]1(C(C)=O)CC[C@H]2[C@@H]3C[C@H](C)C4CC(=O)[C@@H]5C[C@@H]5[C@@H]4[C@H]3CC[C@@]21C. The number of fused-ring (bicyclic) bond motifs is 7. The zero-order valence-electron chi connectivity index (χ0n) is 17.7. The molecule has 5 fully saturated rings. The van der Waals surface area contributed by atoms with Crippen LogP contribution < -0.4 is 0 Å². The highest BCUT2D eigenvalue weighted by Gasteiger charge is 2.69. The van der Waals surface area contributed by atoms with Gasteiger partial charge in [-0.1, -0.05) is 13.8 Å². The molecule has 0 aromatic rings. The molecule has 5 saturated carbocycles. The van der Waals surface area contributed by atoms with Crippen molar-refractivity contribution in [2.45, 2.75) is 78.2 Å². The molecule has 5 rings (SSSR count). The van der Waals surface area contributed by atoms with Gasteiger partial charge in [0, 0.05) is 24.7 Å². The van der Waals surface area contributed by atoms with E-state index < -0.39 is 5.60 Å². The van der Waals surface area contributed by atoms with Gasteiger partial charge >= 0.3 is 5.97 Å². The molecule has 0 aromatic heterocycles. The Morgan fingerprint density at radius 2 is 1.75 bits per heavy atom. The third-order valence-corrected chi connectivity index (χ3v) is 10.0. The number of Topliss-reactive ketones (excluding diaryl/α,β-unsaturated/α-hetero) is 2. The second-order valence-corrected chi connectivity index (χ2v) is 11.0. The van der Waals surface area contributed by atoms with Gasteiger partial charge in [0.2, 0.25) is 0 Å². The maximum absolute atomic E-state index is 12.8. The normalized spacial score (nSPS) is 54.1. The number of rotatable bonds is 2. The highest BCUT2D eigenvalue weighted by atomic mass is 16.6. The minimum Gasteiger partial charge on any atom is -0.451 e. The zero-order valence-corrected chi connectivity index (χ0v) is 17.7. The van der Waals surface area contributed by atoms with E-state index in [-0.39, 0.29) is 17.2 Å². The number of esters is 1. The highest BCUT2D eigenvalue weighted by Crippen LogP contribution is 2.70. The average Bonchev–Trinajstić information content (AvgIpc) is 3.35. The monoisotopic (exact) mass is 386 g/mol. The average molecular weight is 387 g/mol. The number of ether oxygens (including phenoxy) is 1. The third-order valence-electron chi connectivity index (χ3n) is 10.0. The van der Waals surface area contributed by atoms with Crippen molar-refractivity contribution in [1.82, 2.24) is 0 Å². The number of ketones is 2. The van der Waals surface area contributed by atoms with Gasteiger partial charge in [-0.2, -0.15) is 0 Å². The van der Waals surface area contributed by atoms with Crippen LogP contribution in [0.2, 0.25) is 0 Å². The summed E-state index contributed by atoms with van der Waals surface area (Å²) >= 11 is 0. The van der Waals surface area contributed by atoms with Gasteiger partial charge in [-0.3, -0.25) is 14.4 Å². The van der Waals surface area contributed by atoms with Crippen LogP contribution in [0.1, 0.15) is 72.6 Å². The van der Waals surface area contributed by atoms with Crippen molar-refractivity contribution >= 4 is 17.5 Å². The fourth-order valence-electron chi connectivity index (χ4n) is 8.86. The van der Waals surface area contributed by atoms with Crippen LogP contribution in [0.4, 0.5) is 0 Å². The molecule has 4 nitrogen and oxygen atoms in total. The fourth-order valence-corrected chi connectivity index (χ4v) is 8.86. The predicted octanol–water partition coefficient (Wildman–Crippen LogP) is 4.20. The summed E-state index contributed by atoms with van der Waals surface area (Å²) in [7, 11) is 0. The maximum Gasteiger partial charge on any atom is 0.303 e. The molecule has 0 N–H and O–H groups in total. The van der Waals surface area contributed by atoms with Crippen molar-refractivity contribution in [3.05, 3.63) is 0 Å². The molecule has 5 aliphatic carbocycles. The first-order chi connectivity index (χ1) is 13.2. The lowest BCUT2D eigenvalue weighted by atomic mass is 9.47. The van der Waals surface area contributed by atoms with E-state index in [0.29, 0.717) is 59.5 Å². The first-order valence-corrected chi connectivity index (χ1v) is 11.4. The summed E-state index contributed by atoms with van der Waals surface area (Å²) in [6, 6.07) is 0. The molecule has 0 bridgehead atoms. The Balaban J connectivity index is 1.49. The predicted molar refractivity (Wildman–Crippen MR) is 104 cm³/mol.